The molecule has 0 aliphatic heterocycles. The standard InChI is InChI=1S/C15H15BrN2O2S/c1-11-7-9-13(10-8-11)21(19,20)18-12(2)17-15-6-4-3-5-14(15)16/h3-10H,1-2H3,(H,17,18). The van der Waals surface area contributed by atoms with Gasteiger partial charge in [0.1, 0.15) is 5.84 Å². The van der Waals surface area contributed by atoms with Gasteiger partial charge < -0.3 is 5.32 Å². The van der Waals surface area contributed by atoms with Crippen molar-refractivity contribution >= 4 is 37.5 Å². The Morgan fingerprint density at radius 3 is 2.33 bits per heavy atom. The molecule has 0 amide bonds. The van der Waals surface area contributed by atoms with E-state index < -0.39 is 10.0 Å². The van der Waals surface area contributed by atoms with Gasteiger partial charge in [-0.1, -0.05) is 29.8 Å². The second kappa shape index (κ2) is 6.41. The summed E-state index contributed by atoms with van der Waals surface area (Å²) >= 11 is 3.39. The summed E-state index contributed by atoms with van der Waals surface area (Å²) in [6.07, 6.45) is 0. The first-order valence-electron chi connectivity index (χ1n) is 6.28. The van der Waals surface area contributed by atoms with Gasteiger partial charge in [-0.05, 0) is 54.0 Å². The van der Waals surface area contributed by atoms with Gasteiger partial charge >= 0.3 is 0 Å². The van der Waals surface area contributed by atoms with Gasteiger partial charge in [0.05, 0.1) is 10.6 Å². The molecular weight excluding hydrogens is 352 g/mol. The fourth-order valence-corrected chi connectivity index (χ4v) is 3.10. The molecule has 0 aliphatic rings. The highest BCUT2D eigenvalue weighted by molar-refractivity contribution is 9.10. The smallest absolute Gasteiger partial charge is 0.283 e. The molecule has 0 atom stereocenters. The molecule has 1 N–H and O–H groups in total. The first-order chi connectivity index (χ1) is 9.88. The van der Waals surface area contributed by atoms with E-state index in [0.29, 0.717) is 5.84 Å². The Balaban J connectivity index is 2.25. The summed E-state index contributed by atoms with van der Waals surface area (Å²) in [6, 6.07) is 14.0. The normalized spacial score (nSPS) is 12.2. The molecule has 0 saturated heterocycles. The molecule has 0 radical (unpaired) electrons. The van der Waals surface area contributed by atoms with Gasteiger partial charge in [-0.25, -0.2) is 0 Å². The number of sulfonamides is 1. The lowest BCUT2D eigenvalue weighted by Gasteiger charge is -2.08. The van der Waals surface area contributed by atoms with Crippen molar-refractivity contribution < 1.29 is 8.42 Å². The van der Waals surface area contributed by atoms with Crippen molar-refractivity contribution in [3.05, 3.63) is 58.6 Å². The van der Waals surface area contributed by atoms with E-state index in [-0.39, 0.29) is 4.90 Å². The van der Waals surface area contributed by atoms with Crippen LogP contribution in [-0.2, 0) is 10.0 Å². The van der Waals surface area contributed by atoms with E-state index in [9.17, 15) is 8.42 Å². The highest BCUT2D eigenvalue weighted by atomic mass is 79.9. The van der Waals surface area contributed by atoms with E-state index >= 15 is 0 Å². The van der Waals surface area contributed by atoms with Gasteiger partial charge in [0.15, 0.2) is 0 Å². The number of amidine groups is 1. The molecular formula is C15H15BrN2O2S. The Morgan fingerprint density at radius 1 is 1.10 bits per heavy atom. The predicted molar refractivity (Wildman–Crippen MR) is 89.2 cm³/mol. The average Bonchev–Trinajstić information content (AvgIpc) is 2.41. The van der Waals surface area contributed by atoms with E-state index in [4.69, 9.17) is 0 Å². The zero-order valence-corrected chi connectivity index (χ0v) is 14.1. The lowest BCUT2D eigenvalue weighted by atomic mass is 10.2. The summed E-state index contributed by atoms with van der Waals surface area (Å²) < 4.78 is 29.0. The van der Waals surface area contributed by atoms with Crippen LogP contribution in [0.25, 0.3) is 0 Å². The maximum atomic E-state index is 12.2. The number of hydrogen-bond donors (Lipinski definition) is 1. The molecule has 0 aromatic heterocycles. The molecule has 2 rings (SSSR count). The van der Waals surface area contributed by atoms with Crippen LogP contribution in [-0.4, -0.2) is 14.3 Å². The third kappa shape index (κ3) is 4.15. The number of rotatable bonds is 3. The molecule has 2 aromatic rings. The Bertz CT molecular complexity index is 769. The number of nitrogens with one attached hydrogen (secondary N) is 1. The van der Waals surface area contributed by atoms with Crippen molar-refractivity contribution in [3.63, 3.8) is 0 Å². The van der Waals surface area contributed by atoms with Gasteiger partial charge in [-0.3, -0.25) is 0 Å². The minimum Gasteiger partial charge on any atom is -0.342 e. The lowest BCUT2D eigenvalue weighted by Crippen LogP contribution is -2.11. The van der Waals surface area contributed by atoms with E-state index in [1.54, 1.807) is 31.2 Å². The Hall–Kier alpha value is -1.66. The summed E-state index contributed by atoms with van der Waals surface area (Å²) in [5.41, 5.74) is 1.76. The summed E-state index contributed by atoms with van der Waals surface area (Å²) in [6.45, 7) is 3.52. The van der Waals surface area contributed by atoms with E-state index in [0.717, 1.165) is 15.7 Å². The fraction of sp³-hybridized carbons (Fsp3) is 0.133. The van der Waals surface area contributed by atoms with E-state index in [1.165, 1.54) is 0 Å². The molecule has 4 nitrogen and oxygen atoms in total. The lowest BCUT2D eigenvalue weighted by molar-refractivity contribution is 0.598. The third-order valence-electron chi connectivity index (χ3n) is 2.77. The fourth-order valence-electron chi connectivity index (χ4n) is 1.72. The SMILES string of the molecule is C/C(=N\S(=O)(=O)c1ccc(C)cc1)Nc1ccccc1Br. The number of nitrogens with zero attached hydrogens (tertiary/aromatic N) is 1. The highest BCUT2D eigenvalue weighted by Crippen LogP contribution is 2.21. The molecule has 110 valence electrons. The number of para-hydroxylation sites is 1. The van der Waals surface area contributed by atoms with Crippen LogP contribution in [0.15, 0.2) is 62.3 Å². The number of hydrogen-bond acceptors (Lipinski definition) is 2. The number of benzene rings is 2. The molecule has 0 aliphatic carbocycles. The summed E-state index contributed by atoms with van der Waals surface area (Å²) in [5.74, 6) is 0.308. The van der Waals surface area contributed by atoms with E-state index in [1.807, 2.05) is 31.2 Å². The largest absolute Gasteiger partial charge is 0.342 e. The third-order valence-corrected chi connectivity index (χ3v) is 4.84. The summed E-state index contributed by atoms with van der Waals surface area (Å²) in [5, 5.41) is 2.97. The molecule has 0 bridgehead atoms. The van der Waals surface area contributed by atoms with E-state index in [2.05, 4.69) is 25.6 Å². The van der Waals surface area contributed by atoms with Crippen molar-refractivity contribution in [3.8, 4) is 0 Å². The van der Waals surface area contributed by atoms with Crippen molar-refractivity contribution in [2.24, 2.45) is 4.40 Å². The second-order valence-electron chi connectivity index (χ2n) is 4.57. The van der Waals surface area contributed by atoms with Crippen LogP contribution in [0.4, 0.5) is 5.69 Å². The molecule has 0 heterocycles. The molecule has 2 aromatic carbocycles. The summed E-state index contributed by atoms with van der Waals surface area (Å²) in [4.78, 5) is 0.182. The molecule has 6 heteroatoms. The molecule has 0 spiro atoms. The molecule has 0 saturated carbocycles. The maximum absolute atomic E-state index is 12.2. The molecule has 0 unspecified atom stereocenters. The molecule has 0 fully saturated rings. The van der Waals surface area contributed by atoms with Crippen molar-refractivity contribution in [2.45, 2.75) is 18.7 Å². The van der Waals surface area contributed by atoms with Gasteiger partial charge in [0, 0.05) is 4.47 Å². The minimum absolute atomic E-state index is 0.182. The van der Waals surface area contributed by atoms with Crippen molar-refractivity contribution in [1.29, 1.82) is 0 Å². The van der Waals surface area contributed by atoms with Crippen LogP contribution in [0, 0.1) is 6.92 Å². The summed E-state index contributed by atoms with van der Waals surface area (Å²) in [7, 11) is -3.70. The number of aryl methyl sites for hydroxylation is 1. The molecule has 21 heavy (non-hydrogen) atoms. The predicted octanol–water partition coefficient (Wildman–Crippen LogP) is 3.98. The van der Waals surface area contributed by atoms with Gasteiger partial charge in [-0.15, -0.1) is 4.40 Å². The Labute approximate surface area is 133 Å². The monoisotopic (exact) mass is 366 g/mol. The van der Waals surface area contributed by atoms with Crippen LogP contribution in [0.5, 0.6) is 0 Å². The van der Waals surface area contributed by atoms with Crippen molar-refractivity contribution in [1.82, 2.24) is 0 Å². The van der Waals surface area contributed by atoms with Gasteiger partial charge in [-0.2, -0.15) is 8.42 Å². The van der Waals surface area contributed by atoms with Gasteiger partial charge in [0.25, 0.3) is 10.0 Å². The second-order valence-corrected chi connectivity index (χ2v) is 7.03. The van der Waals surface area contributed by atoms with Crippen LogP contribution < -0.4 is 5.32 Å². The minimum atomic E-state index is -3.70. The number of halogens is 1. The van der Waals surface area contributed by atoms with Crippen molar-refractivity contribution in [2.75, 3.05) is 5.32 Å². The Kier molecular flexibility index (Phi) is 4.80. The highest BCUT2D eigenvalue weighted by Gasteiger charge is 2.13. The van der Waals surface area contributed by atoms with Crippen LogP contribution in [0.2, 0.25) is 0 Å². The number of anilines is 1. The first kappa shape index (κ1) is 15.7. The van der Waals surface area contributed by atoms with Crippen LogP contribution in [0.3, 0.4) is 0 Å². The maximum Gasteiger partial charge on any atom is 0.283 e. The zero-order chi connectivity index (χ0) is 15.5. The Morgan fingerprint density at radius 2 is 1.71 bits per heavy atom. The zero-order valence-electron chi connectivity index (χ0n) is 11.7. The van der Waals surface area contributed by atoms with Crippen LogP contribution >= 0.6 is 15.9 Å². The quantitative estimate of drug-likeness (QED) is 0.660. The van der Waals surface area contributed by atoms with Gasteiger partial charge in [0.2, 0.25) is 0 Å². The topological polar surface area (TPSA) is 58.5 Å². The first-order valence-corrected chi connectivity index (χ1v) is 8.51. The van der Waals surface area contributed by atoms with Crippen LogP contribution in [0.1, 0.15) is 12.5 Å². The average molecular weight is 367 g/mol.